The standard InChI is InChI=1S/C14H13ClN4S/c1-10(13-6-7-14(15)20-13)17-11-4-2-3-5-12(11)19-9-8-16-18-19/h2-10,17H,1H3. The van der Waals surface area contributed by atoms with Gasteiger partial charge in [0.25, 0.3) is 0 Å². The van der Waals surface area contributed by atoms with Crippen LogP contribution in [0.5, 0.6) is 0 Å². The van der Waals surface area contributed by atoms with Gasteiger partial charge in [0.15, 0.2) is 0 Å². The Hall–Kier alpha value is -1.85. The van der Waals surface area contributed by atoms with E-state index in [-0.39, 0.29) is 6.04 Å². The SMILES string of the molecule is CC(Nc1ccccc1-n1ccnn1)c1ccc(Cl)s1. The van der Waals surface area contributed by atoms with E-state index in [4.69, 9.17) is 11.6 Å². The zero-order valence-electron chi connectivity index (χ0n) is 10.8. The summed E-state index contributed by atoms with van der Waals surface area (Å²) in [5.74, 6) is 0. The van der Waals surface area contributed by atoms with Crippen LogP contribution in [0, 0.1) is 0 Å². The van der Waals surface area contributed by atoms with E-state index in [1.54, 1.807) is 22.2 Å². The number of halogens is 1. The third kappa shape index (κ3) is 2.69. The molecule has 102 valence electrons. The van der Waals surface area contributed by atoms with Gasteiger partial charge in [-0.1, -0.05) is 28.9 Å². The van der Waals surface area contributed by atoms with Crippen LogP contribution in [0.3, 0.4) is 0 Å². The van der Waals surface area contributed by atoms with Crippen molar-refractivity contribution < 1.29 is 0 Å². The molecule has 0 spiro atoms. The van der Waals surface area contributed by atoms with E-state index in [0.29, 0.717) is 0 Å². The third-order valence-corrected chi connectivity index (χ3v) is 4.38. The summed E-state index contributed by atoms with van der Waals surface area (Å²) in [4.78, 5) is 1.20. The maximum atomic E-state index is 5.99. The minimum atomic E-state index is 0.178. The fourth-order valence-corrected chi connectivity index (χ4v) is 3.06. The molecule has 1 N–H and O–H groups in total. The molecule has 2 heterocycles. The third-order valence-electron chi connectivity index (χ3n) is 2.97. The van der Waals surface area contributed by atoms with Crippen LogP contribution >= 0.6 is 22.9 Å². The van der Waals surface area contributed by atoms with E-state index in [2.05, 4.69) is 22.6 Å². The average Bonchev–Trinajstić information content (AvgIpc) is 3.10. The van der Waals surface area contributed by atoms with Crippen molar-refractivity contribution in [1.29, 1.82) is 0 Å². The summed E-state index contributed by atoms with van der Waals surface area (Å²) in [6.45, 7) is 2.11. The number of thiophene rings is 1. The first-order valence-electron chi connectivity index (χ1n) is 6.21. The highest BCUT2D eigenvalue weighted by Crippen LogP contribution is 2.30. The first-order valence-corrected chi connectivity index (χ1v) is 7.41. The van der Waals surface area contributed by atoms with Gasteiger partial charge in [-0.3, -0.25) is 0 Å². The van der Waals surface area contributed by atoms with Gasteiger partial charge in [-0.05, 0) is 31.2 Å². The first-order chi connectivity index (χ1) is 9.74. The Labute approximate surface area is 126 Å². The van der Waals surface area contributed by atoms with Crippen LogP contribution in [0.25, 0.3) is 5.69 Å². The highest BCUT2D eigenvalue weighted by atomic mass is 35.5. The molecule has 1 aromatic carbocycles. The van der Waals surface area contributed by atoms with E-state index in [9.17, 15) is 0 Å². The summed E-state index contributed by atoms with van der Waals surface area (Å²) in [5.41, 5.74) is 1.98. The van der Waals surface area contributed by atoms with E-state index < -0.39 is 0 Å². The number of hydrogen-bond donors (Lipinski definition) is 1. The van der Waals surface area contributed by atoms with E-state index >= 15 is 0 Å². The van der Waals surface area contributed by atoms with Crippen molar-refractivity contribution in [3.05, 3.63) is 58.0 Å². The Kier molecular flexibility index (Phi) is 3.71. The lowest BCUT2D eigenvalue weighted by Crippen LogP contribution is -2.08. The van der Waals surface area contributed by atoms with Crippen molar-refractivity contribution in [2.45, 2.75) is 13.0 Å². The number of anilines is 1. The Morgan fingerprint density at radius 3 is 2.80 bits per heavy atom. The van der Waals surface area contributed by atoms with Gasteiger partial charge in [0.05, 0.1) is 34.1 Å². The van der Waals surface area contributed by atoms with Gasteiger partial charge in [-0.15, -0.1) is 16.4 Å². The summed E-state index contributed by atoms with van der Waals surface area (Å²) < 4.78 is 2.55. The molecule has 0 saturated carbocycles. The quantitative estimate of drug-likeness (QED) is 0.787. The topological polar surface area (TPSA) is 42.7 Å². The average molecular weight is 305 g/mol. The van der Waals surface area contributed by atoms with Crippen molar-refractivity contribution in [2.75, 3.05) is 5.32 Å². The Balaban J connectivity index is 1.88. The van der Waals surface area contributed by atoms with E-state index in [0.717, 1.165) is 15.7 Å². The first kappa shape index (κ1) is 13.1. The molecule has 0 amide bonds. The zero-order chi connectivity index (χ0) is 13.9. The molecule has 20 heavy (non-hydrogen) atoms. The summed E-state index contributed by atoms with van der Waals surface area (Å²) >= 11 is 7.57. The molecule has 3 rings (SSSR count). The number of para-hydroxylation sites is 2. The van der Waals surface area contributed by atoms with Gasteiger partial charge in [0, 0.05) is 4.88 Å². The van der Waals surface area contributed by atoms with E-state index in [1.165, 1.54) is 4.88 Å². The number of benzene rings is 1. The van der Waals surface area contributed by atoms with Crippen LogP contribution in [-0.4, -0.2) is 15.0 Å². The molecule has 6 heteroatoms. The molecule has 3 aromatic rings. The van der Waals surface area contributed by atoms with Crippen LogP contribution in [-0.2, 0) is 0 Å². The fourth-order valence-electron chi connectivity index (χ4n) is 2.00. The van der Waals surface area contributed by atoms with Crippen LogP contribution in [0.4, 0.5) is 5.69 Å². The van der Waals surface area contributed by atoms with Crippen molar-refractivity contribution in [3.8, 4) is 5.69 Å². The Morgan fingerprint density at radius 1 is 1.25 bits per heavy atom. The molecule has 0 aliphatic heterocycles. The number of nitrogens with zero attached hydrogens (tertiary/aromatic N) is 3. The second-order valence-electron chi connectivity index (χ2n) is 4.37. The van der Waals surface area contributed by atoms with Crippen LogP contribution in [0.2, 0.25) is 4.34 Å². The van der Waals surface area contributed by atoms with Gasteiger partial charge in [-0.2, -0.15) is 0 Å². The predicted octanol–water partition coefficient (Wildman–Crippen LogP) is 4.16. The Bertz CT molecular complexity index is 693. The molecule has 2 aromatic heterocycles. The highest BCUT2D eigenvalue weighted by molar-refractivity contribution is 7.16. The Morgan fingerprint density at radius 2 is 2.10 bits per heavy atom. The molecule has 0 aliphatic rings. The van der Waals surface area contributed by atoms with Crippen LogP contribution < -0.4 is 5.32 Å². The fraction of sp³-hybridized carbons (Fsp3) is 0.143. The number of hydrogen-bond acceptors (Lipinski definition) is 4. The van der Waals surface area contributed by atoms with Gasteiger partial charge < -0.3 is 5.32 Å². The van der Waals surface area contributed by atoms with Gasteiger partial charge >= 0.3 is 0 Å². The smallest absolute Gasteiger partial charge is 0.0932 e. The van der Waals surface area contributed by atoms with Gasteiger partial charge in [0.1, 0.15) is 0 Å². The molecular formula is C14H13ClN4S. The number of nitrogens with one attached hydrogen (secondary N) is 1. The molecule has 0 aliphatic carbocycles. The predicted molar refractivity (Wildman–Crippen MR) is 82.7 cm³/mol. The van der Waals surface area contributed by atoms with Crippen LogP contribution in [0.15, 0.2) is 48.8 Å². The largest absolute Gasteiger partial charge is 0.376 e. The molecule has 0 fully saturated rings. The monoisotopic (exact) mass is 304 g/mol. The maximum Gasteiger partial charge on any atom is 0.0932 e. The second-order valence-corrected chi connectivity index (χ2v) is 6.12. The lowest BCUT2D eigenvalue weighted by molar-refractivity contribution is 0.799. The van der Waals surface area contributed by atoms with E-state index in [1.807, 2.05) is 42.6 Å². The molecule has 0 bridgehead atoms. The zero-order valence-corrected chi connectivity index (χ0v) is 12.4. The lowest BCUT2D eigenvalue weighted by atomic mass is 10.2. The molecule has 0 radical (unpaired) electrons. The lowest BCUT2D eigenvalue weighted by Gasteiger charge is -2.16. The van der Waals surface area contributed by atoms with Crippen molar-refractivity contribution >= 4 is 28.6 Å². The molecule has 1 unspecified atom stereocenters. The summed E-state index contributed by atoms with van der Waals surface area (Å²) in [6.07, 6.45) is 3.49. The van der Waals surface area contributed by atoms with Crippen molar-refractivity contribution in [2.24, 2.45) is 0 Å². The minimum Gasteiger partial charge on any atom is -0.376 e. The summed E-state index contributed by atoms with van der Waals surface area (Å²) in [6, 6.07) is 12.2. The summed E-state index contributed by atoms with van der Waals surface area (Å²) in [7, 11) is 0. The molecular weight excluding hydrogens is 292 g/mol. The van der Waals surface area contributed by atoms with Gasteiger partial charge in [0.2, 0.25) is 0 Å². The second kappa shape index (κ2) is 5.64. The van der Waals surface area contributed by atoms with Crippen LogP contribution in [0.1, 0.15) is 17.8 Å². The highest BCUT2D eigenvalue weighted by Gasteiger charge is 2.11. The summed E-state index contributed by atoms with van der Waals surface area (Å²) in [5, 5.41) is 11.4. The molecule has 1 atom stereocenters. The minimum absolute atomic E-state index is 0.178. The normalized spacial score (nSPS) is 12.3. The maximum absolute atomic E-state index is 5.99. The number of rotatable bonds is 4. The van der Waals surface area contributed by atoms with Crippen molar-refractivity contribution in [1.82, 2.24) is 15.0 Å². The van der Waals surface area contributed by atoms with Gasteiger partial charge in [-0.25, -0.2) is 4.68 Å². The van der Waals surface area contributed by atoms with Crippen molar-refractivity contribution in [3.63, 3.8) is 0 Å². The molecule has 4 nitrogen and oxygen atoms in total. The number of aromatic nitrogens is 3. The molecule has 0 saturated heterocycles.